The molecular formula is C24H32N4O2. The summed E-state index contributed by atoms with van der Waals surface area (Å²) in [5, 5.41) is 4.87. The Labute approximate surface area is 178 Å². The Morgan fingerprint density at radius 1 is 1.00 bits per heavy atom. The molecule has 0 N–H and O–H groups in total. The van der Waals surface area contributed by atoms with E-state index in [-0.39, 0.29) is 5.91 Å². The summed E-state index contributed by atoms with van der Waals surface area (Å²) in [6, 6.07) is 10.3. The molecule has 2 saturated heterocycles. The van der Waals surface area contributed by atoms with Gasteiger partial charge in [-0.25, -0.2) is 4.68 Å². The monoisotopic (exact) mass is 408 g/mol. The molecule has 0 bridgehead atoms. The summed E-state index contributed by atoms with van der Waals surface area (Å²) < 4.78 is 7.81. The average Bonchev–Trinajstić information content (AvgIpc) is 3.36. The molecule has 30 heavy (non-hydrogen) atoms. The standard InChI is InChI=1S/C24H32N4O2/c29-24(27-15-13-26(14-16-27)18-20-10-7-17-30-20)23-21-11-5-2-6-12-22(21)28(25-23)19-8-3-1-4-9-19/h1,3-4,8-9,20H,2,5-7,10-18H2. The lowest BCUT2D eigenvalue weighted by atomic mass is 10.1. The molecule has 3 heterocycles. The quantitative estimate of drug-likeness (QED) is 0.730. The van der Waals surface area contributed by atoms with E-state index in [1.54, 1.807) is 0 Å². The average molecular weight is 409 g/mol. The zero-order valence-corrected chi connectivity index (χ0v) is 17.8. The Morgan fingerprint density at radius 2 is 1.80 bits per heavy atom. The van der Waals surface area contributed by atoms with Crippen molar-refractivity contribution in [3.05, 3.63) is 47.3 Å². The summed E-state index contributed by atoms with van der Waals surface area (Å²) in [5.41, 5.74) is 4.15. The second-order valence-electron chi connectivity index (χ2n) is 8.81. The Bertz CT molecular complexity index is 865. The largest absolute Gasteiger partial charge is 0.377 e. The summed E-state index contributed by atoms with van der Waals surface area (Å²) in [5.74, 6) is 0.111. The maximum Gasteiger partial charge on any atom is 0.274 e. The van der Waals surface area contributed by atoms with Gasteiger partial charge < -0.3 is 9.64 Å². The van der Waals surface area contributed by atoms with Gasteiger partial charge in [-0.2, -0.15) is 5.10 Å². The van der Waals surface area contributed by atoms with E-state index in [0.717, 1.165) is 64.3 Å². The Morgan fingerprint density at radius 3 is 2.57 bits per heavy atom. The third kappa shape index (κ3) is 4.03. The van der Waals surface area contributed by atoms with Crippen molar-refractivity contribution >= 4 is 5.91 Å². The predicted octanol–water partition coefficient (Wildman–Crippen LogP) is 3.08. The molecule has 2 fully saturated rings. The number of aromatic nitrogens is 2. The fourth-order valence-corrected chi connectivity index (χ4v) is 5.09. The van der Waals surface area contributed by atoms with E-state index in [1.807, 2.05) is 27.8 Å². The number of benzene rings is 1. The van der Waals surface area contributed by atoms with Crippen LogP contribution in [-0.2, 0) is 17.6 Å². The summed E-state index contributed by atoms with van der Waals surface area (Å²) in [6.45, 7) is 5.30. The van der Waals surface area contributed by atoms with Gasteiger partial charge >= 0.3 is 0 Å². The number of piperazine rings is 1. The van der Waals surface area contributed by atoms with Crippen molar-refractivity contribution in [1.29, 1.82) is 0 Å². The smallest absolute Gasteiger partial charge is 0.274 e. The van der Waals surface area contributed by atoms with Gasteiger partial charge in [-0.3, -0.25) is 9.69 Å². The minimum Gasteiger partial charge on any atom is -0.377 e. The van der Waals surface area contributed by atoms with Gasteiger partial charge in [0, 0.05) is 50.6 Å². The highest BCUT2D eigenvalue weighted by atomic mass is 16.5. The molecule has 1 amide bonds. The first-order valence-electron chi connectivity index (χ1n) is 11.6. The van der Waals surface area contributed by atoms with Crippen molar-refractivity contribution in [2.45, 2.75) is 51.0 Å². The summed E-state index contributed by atoms with van der Waals surface area (Å²) in [4.78, 5) is 17.9. The Hall–Kier alpha value is -2.18. The lowest BCUT2D eigenvalue weighted by molar-refractivity contribution is 0.0429. The van der Waals surface area contributed by atoms with E-state index in [2.05, 4.69) is 17.0 Å². The summed E-state index contributed by atoms with van der Waals surface area (Å²) in [7, 11) is 0. The van der Waals surface area contributed by atoms with E-state index >= 15 is 0 Å². The van der Waals surface area contributed by atoms with Crippen LogP contribution in [0.2, 0.25) is 0 Å². The van der Waals surface area contributed by atoms with E-state index in [1.165, 1.54) is 36.9 Å². The molecule has 1 aliphatic carbocycles. The minimum atomic E-state index is 0.111. The van der Waals surface area contributed by atoms with Crippen LogP contribution in [0.5, 0.6) is 0 Å². The minimum absolute atomic E-state index is 0.111. The van der Waals surface area contributed by atoms with Crippen molar-refractivity contribution in [2.75, 3.05) is 39.3 Å². The molecule has 2 aromatic rings. The van der Waals surface area contributed by atoms with Crippen molar-refractivity contribution in [1.82, 2.24) is 19.6 Å². The third-order valence-electron chi connectivity index (χ3n) is 6.78. The fourth-order valence-electron chi connectivity index (χ4n) is 5.09. The van der Waals surface area contributed by atoms with E-state index < -0.39 is 0 Å². The molecule has 6 nitrogen and oxygen atoms in total. The Balaban J connectivity index is 1.33. The first-order valence-corrected chi connectivity index (χ1v) is 11.6. The maximum absolute atomic E-state index is 13.5. The van der Waals surface area contributed by atoms with Crippen LogP contribution in [0.1, 0.15) is 53.8 Å². The van der Waals surface area contributed by atoms with E-state index in [0.29, 0.717) is 11.8 Å². The van der Waals surface area contributed by atoms with Gasteiger partial charge in [-0.05, 0) is 50.7 Å². The van der Waals surface area contributed by atoms with Crippen molar-refractivity contribution in [3.8, 4) is 5.69 Å². The molecule has 6 heteroatoms. The van der Waals surface area contributed by atoms with E-state index in [4.69, 9.17) is 9.84 Å². The van der Waals surface area contributed by atoms with E-state index in [9.17, 15) is 4.79 Å². The lowest BCUT2D eigenvalue weighted by Crippen LogP contribution is -2.50. The predicted molar refractivity (Wildman–Crippen MR) is 116 cm³/mol. The van der Waals surface area contributed by atoms with Gasteiger partial charge in [-0.1, -0.05) is 24.6 Å². The maximum atomic E-state index is 13.5. The van der Waals surface area contributed by atoms with Crippen molar-refractivity contribution in [2.24, 2.45) is 0 Å². The highest BCUT2D eigenvalue weighted by Gasteiger charge is 2.30. The second-order valence-corrected chi connectivity index (χ2v) is 8.81. The number of hydrogen-bond acceptors (Lipinski definition) is 4. The molecule has 1 aromatic carbocycles. The molecule has 0 radical (unpaired) electrons. The van der Waals surface area contributed by atoms with Gasteiger partial charge in [-0.15, -0.1) is 0 Å². The number of carbonyl (C=O) groups is 1. The van der Waals surface area contributed by atoms with Gasteiger partial charge in [0.15, 0.2) is 5.69 Å². The number of hydrogen-bond donors (Lipinski definition) is 0. The molecule has 2 aliphatic heterocycles. The number of amides is 1. The SMILES string of the molecule is O=C(c1nn(-c2ccccc2)c2c1CCCCC2)N1CCN(CC2CCCO2)CC1. The second kappa shape index (κ2) is 8.90. The van der Waals surface area contributed by atoms with Crippen molar-refractivity contribution < 1.29 is 9.53 Å². The van der Waals surface area contributed by atoms with Gasteiger partial charge in [0.1, 0.15) is 0 Å². The highest BCUT2D eigenvalue weighted by Crippen LogP contribution is 2.27. The third-order valence-corrected chi connectivity index (χ3v) is 6.78. The highest BCUT2D eigenvalue weighted by molar-refractivity contribution is 5.94. The number of para-hydroxylation sites is 1. The van der Waals surface area contributed by atoms with Crippen LogP contribution < -0.4 is 0 Å². The molecule has 3 aliphatic rings. The molecule has 1 atom stereocenters. The summed E-state index contributed by atoms with van der Waals surface area (Å²) in [6.07, 6.45) is 8.22. The van der Waals surface area contributed by atoms with Crippen molar-refractivity contribution in [3.63, 3.8) is 0 Å². The first kappa shape index (κ1) is 19.8. The number of carbonyl (C=O) groups excluding carboxylic acids is 1. The molecule has 1 aromatic heterocycles. The first-order chi connectivity index (χ1) is 14.8. The van der Waals surface area contributed by atoms with Crippen LogP contribution in [-0.4, -0.2) is 70.9 Å². The van der Waals surface area contributed by atoms with Crippen LogP contribution in [0.4, 0.5) is 0 Å². The normalized spacial score (nSPS) is 22.7. The number of ether oxygens (including phenoxy) is 1. The Kier molecular flexibility index (Phi) is 5.86. The zero-order valence-electron chi connectivity index (χ0n) is 17.8. The van der Waals surface area contributed by atoms with Crippen LogP contribution >= 0.6 is 0 Å². The number of nitrogens with zero attached hydrogens (tertiary/aromatic N) is 4. The van der Waals surface area contributed by atoms with Crippen LogP contribution in [0.15, 0.2) is 30.3 Å². The van der Waals surface area contributed by atoms with Gasteiger partial charge in [0.25, 0.3) is 5.91 Å². The number of fused-ring (bicyclic) bond motifs is 1. The molecule has 0 spiro atoms. The molecular weight excluding hydrogens is 376 g/mol. The fraction of sp³-hybridized carbons (Fsp3) is 0.583. The number of rotatable bonds is 4. The molecule has 5 rings (SSSR count). The molecule has 1 unspecified atom stereocenters. The van der Waals surface area contributed by atoms with Gasteiger partial charge in [0.2, 0.25) is 0 Å². The topological polar surface area (TPSA) is 50.6 Å². The molecule has 0 saturated carbocycles. The van der Waals surface area contributed by atoms with Gasteiger partial charge in [0.05, 0.1) is 11.8 Å². The summed E-state index contributed by atoms with van der Waals surface area (Å²) >= 11 is 0. The lowest BCUT2D eigenvalue weighted by Gasteiger charge is -2.35. The molecule has 160 valence electrons. The van der Waals surface area contributed by atoms with Crippen LogP contribution in [0, 0.1) is 0 Å². The van der Waals surface area contributed by atoms with Crippen LogP contribution in [0.25, 0.3) is 5.69 Å². The zero-order chi connectivity index (χ0) is 20.3. The van der Waals surface area contributed by atoms with Crippen LogP contribution in [0.3, 0.4) is 0 Å².